The van der Waals surface area contributed by atoms with E-state index < -0.39 is 0 Å². The van der Waals surface area contributed by atoms with Crippen LogP contribution >= 0.6 is 11.6 Å². The first-order chi connectivity index (χ1) is 11.1. The Balaban J connectivity index is 1.55. The molecule has 0 spiro atoms. The molecule has 0 saturated heterocycles. The molecule has 1 aliphatic rings. The van der Waals surface area contributed by atoms with Gasteiger partial charge in [0.1, 0.15) is 0 Å². The van der Waals surface area contributed by atoms with Crippen LogP contribution in [0.4, 0.5) is 4.79 Å². The van der Waals surface area contributed by atoms with Crippen molar-refractivity contribution in [3.63, 3.8) is 0 Å². The number of amides is 2. The number of halogens is 1. The Bertz CT molecular complexity index is 666. The second kappa shape index (κ2) is 6.63. The summed E-state index contributed by atoms with van der Waals surface area (Å²) in [7, 11) is 1.82. The molecule has 3 nitrogen and oxygen atoms in total. The molecule has 0 atom stereocenters. The van der Waals surface area contributed by atoms with E-state index in [1.807, 2.05) is 49.5 Å². The molecule has 2 aromatic rings. The fourth-order valence-corrected chi connectivity index (χ4v) is 2.96. The van der Waals surface area contributed by atoms with Gasteiger partial charge in [0.2, 0.25) is 0 Å². The monoisotopic (exact) mass is 328 g/mol. The predicted molar refractivity (Wildman–Crippen MR) is 93.7 cm³/mol. The minimum atomic E-state index is -0.0332. The smallest absolute Gasteiger partial charge is 0.317 e. The Hall–Kier alpha value is -2.00. The van der Waals surface area contributed by atoms with Crippen LogP contribution in [-0.2, 0) is 12.0 Å². The number of carbonyl (C=O) groups is 1. The molecule has 0 bridgehead atoms. The number of hydrogen-bond acceptors (Lipinski definition) is 1. The first kappa shape index (κ1) is 15.9. The van der Waals surface area contributed by atoms with E-state index in [0.717, 1.165) is 23.4 Å². The maximum Gasteiger partial charge on any atom is 0.317 e. The molecule has 4 heteroatoms. The summed E-state index contributed by atoms with van der Waals surface area (Å²) in [5.41, 5.74) is 2.48. The SMILES string of the molecule is CN(Cc1ccccc1)C(=O)NCC1(c2ccc(Cl)cc2)CC1. The molecule has 0 heterocycles. The molecule has 120 valence electrons. The highest BCUT2D eigenvalue weighted by atomic mass is 35.5. The van der Waals surface area contributed by atoms with E-state index in [4.69, 9.17) is 11.6 Å². The van der Waals surface area contributed by atoms with Crippen molar-refractivity contribution in [1.82, 2.24) is 10.2 Å². The highest BCUT2D eigenvalue weighted by molar-refractivity contribution is 6.30. The highest BCUT2D eigenvalue weighted by Gasteiger charge is 2.44. The average Bonchev–Trinajstić information content (AvgIpc) is 3.35. The standard InChI is InChI=1S/C19H21ClN2O/c1-22(13-15-5-3-2-4-6-15)18(23)21-14-19(11-12-19)16-7-9-17(20)10-8-16/h2-10H,11-14H2,1H3,(H,21,23). The zero-order valence-corrected chi connectivity index (χ0v) is 14.0. The predicted octanol–water partition coefficient (Wildman–Crippen LogP) is 4.21. The van der Waals surface area contributed by atoms with Crippen LogP contribution in [0.3, 0.4) is 0 Å². The van der Waals surface area contributed by atoms with Gasteiger partial charge in [-0.05, 0) is 36.1 Å². The number of carbonyl (C=O) groups excluding carboxylic acids is 1. The number of hydrogen-bond donors (Lipinski definition) is 1. The van der Waals surface area contributed by atoms with Gasteiger partial charge in [0, 0.05) is 30.6 Å². The van der Waals surface area contributed by atoms with Gasteiger partial charge in [0.25, 0.3) is 0 Å². The molecule has 0 aliphatic heterocycles. The fraction of sp³-hybridized carbons (Fsp3) is 0.316. The van der Waals surface area contributed by atoms with Gasteiger partial charge in [-0.3, -0.25) is 0 Å². The zero-order chi connectivity index (χ0) is 16.3. The molecule has 2 aromatic carbocycles. The molecular weight excluding hydrogens is 308 g/mol. The molecule has 0 unspecified atom stereocenters. The third-order valence-electron chi connectivity index (χ3n) is 4.50. The number of rotatable bonds is 5. The topological polar surface area (TPSA) is 32.3 Å². The lowest BCUT2D eigenvalue weighted by atomic mass is 9.96. The normalized spacial score (nSPS) is 15.0. The largest absolute Gasteiger partial charge is 0.337 e. The molecule has 2 amide bonds. The van der Waals surface area contributed by atoms with Crippen LogP contribution in [0.15, 0.2) is 54.6 Å². The summed E-state index contributed by atoms with van der Waals surface area (Å²) in [5.74, 6) is 0. The second-order valence-corrected chi connectivity index (χ2v) is 6.72. The fourth-order valence-electron chi connectivity index (χ4n) is 2.83. The van der Waals surface area contributed by atoms with Crippen LogP contribution in [-0.4, -0.2) is 24.5 Å². The van der Waals surface area contributed by atoms with Crippen molar-refractivity contribution in [3.8, 4) is 0 Å². The summed E-state index contributed by atoms with van der Waals surface area (Å²) in [4.78, 5) is 14.0. The minimum Gasteiger partial charge on any atom is -0.337 e. The maximum atomic E-state index is 12.3. The Labute approximate surface area is 142 Å². The third-order valence-corrected chi connectivity index (χ3v) is 4.75. The molecule has 0 aromatic heterocycles. The van der Waals surface area contributed by atoms with Crippen LogP contribution in [0, 0.1) is 0 Å². The average molecular weight is 329 g/mol. The summed E-state index contributed by atoms with van der Waals surface area (Å²) in [6.07, 6.45) is 2.22. The van der Waals surface area contributed by atoms with Gasteiger partial charge in [-0.1, -0.05) is 54.1 Å². The van der Waals surface area contributed by atoms with Crippen molar-refractivity contribution in [2.75, 3.05) is 13.6 Å². The van der Waals surface area contributed by atoms with Crippen LogP contribution in [0.1, 0.15) is 24.0 Å². The third kappa shape index (κ3) is 3.85. The van der Waals surface area contributed by atoms with Crippen molar-refractivity contribution in [3.05, 3.63) is 70.7 Å². The Kier molecular flexibility index (Phi) is 4.58. The molecule has 1 N–H and O–H groups in total. The van der Waals surface area contributed by atoms with Crippen LogP contribution < -0.4 is 5.32 Å². The van der Waals surface area contributed by atoms with Gasteiger partial charge in [-0.25, -0.2) is 4.79 Å². The first-order valence-electron chi connectivity index (χ1n) is 7.88. The summed E-state index contributed by atoms with van der Waals surface area (Å²) >= 11 is 5.95. The van der Waals surface area contributed by atoms with E-state index in [2.05, 4.69) is 17.4 Å². The molecule has 3 rings (SSSR count). The molecular formula is C19H21ClN2O. The molecule has 1 fully saturated rings. The van der Waals surface area contributed by atoms with Crippen molar-refractivity contribution >= 4 is 17.6 Å². The maximum absolute atomic E-state index is 12.3. The summed E-state index contributed by atoms with van der Waals surface area (Å²) < 4.78 is 0. The van der Waals surface area contributed by atoms with E-state index in [9.17, 15) is 4.79 Å². The van der Waals surface area contributed by atoms with Crippen LogP contribution in [0.25, 0.3) is 0 Å². The lowest BCUT2D eigenvalue weighted by Crippen LogP contribution is -2.40. The van der Waals surface area contributed by atoms with E-state index in [1.165, 1.54) is 5.56 Å². The van der Waals surface area contributed by atoms with Gasteiger partial charge in [-0.15, -0.1) is 0 Å². The van der Waals surface area contributed by atoms with Gasteiger partial charge >= 0.3 is 6.03 Å². The molecule has 0 radical (unpaired) electrons. The number of nitrogens with zero attached hydrogens (tertiary/aromatic N) is 1. The zero-order valence-electron chi connectivity index (χ0n) is 13.3. The molecule has 23 heavy (non-hydrogen) atoms. The Morgan fingerprint density at radius 3 is 2.39 bits per heavy atom. The lowest BCUT2D eigenvalue weighted by molar-refractivity contribution is 0.206. The van der Waals surface area contributed by atoms with E-state index in [1.54, 1.807) is 4.90 Å². The second-order valence-electron chi connectivity index (χ2n) is 6.29. The Morgan fingerprint density at radius 1 is 1.13 bits per heavy atom. The van der Waals surface area contributed by atoms with E-state index in [0.29, 0.717) is 13.1 Å². The lowest BCUT2D eigenvalue weighted by Gasteiger charge is -2.21. The van der Waals surface area contributed by atoms with Crippen LogP contribution in [0.5, 0.6) is 0 Å². The van der Waals surface area contributed by atoms with Crippen LogP contribution in [0.2, 0.25) is 5.02 Å². The number of benzene rings is 2. The van der Waals surface area contributed by atoms with Gasteiger partial charge in [-0.2, -0.15) is 0 Å². The van der Waals surface area contributed by atoms with Gasteiger partial charge in [0.05, 0.1) is 0 Å². The van der Waals surface area contributed by atoms with Gasteiger partial charge < -0.3 is 10.2 Å². The van der Waals surface area contributed by atoms with E-state index >= 15 is 0 Å². The van der Waals surface area contributed by atoms with Crippen molar-refractivity contribution in [2.24, 2.45) is 0 Å². The first-order valence-corrected chi connectivity index (χ1v) is 8.26. The summed E-state index contributed by atoms with van der Waals surface area (Å²) in [6, 6.07) is 17.9. The molecule has 1 aliphatic carbocycles. The van der Waals surface area contributed by atoms with E-state index in [-0.39, 0.29) is 11.4 Å². The summed E-state index contributed by atoms with van der Waals surface area (Å²) in [5, 5.41) is 3.82. The Morgan fingerprint density at radius 2 is 1.78 bits per heavy atom. The van der Waals surface area contributed by atoms with Gasteiger partial charge in [0.15, 0.2) is 0 Å². The molecule has 1 saturated carbocycles. The highest BCUT2D eigenvalue weighted by Crippen LogP contribution is 2.47. The number of nitrogens with one attached hydrogen (secondary N) is 1. The van der Waals surface area contributed by atoms with Crippen molar-refractivity contribution in [2.45, 2.75) is 24.8 Å². The number of urea groups is 1. The minimum absolute atomic E-state index is 0.0332. The quantitative estimate of drug-likeness (QED) is 0.876. The summed E-state index contributed by atoms with van der Waals surface area (Å²) in [6.45, 7) is 1.28. The van der Waals surface area contributed by atoms with Crippen molar-refractivity contribution < 1.29 is 4.79 Å². The van der Waals surface area contributed by atoms with Crippen molar-refractivity contribution in [1.29, 1.82) is 0 Å².